The van der Waals surface area contributed by atoms with Crippen molar-refractivity contribution in [2.24, 2.45) is 0 Å². The molecule has 27 heavy (non-hydrogen) atoms. The van der Waals surface area contributed by atoms with E-state index in [1.807, 2.05) is 25.1 Å². The summed E-state index contributed by atoms with van der Waals surface area (Å²) in [5, 5.41) is 10.5. The van der Waals surface area contributed by atoms with Gasteiger partial charge in [0.25, 0.3) is 0 Å². The summed E-state index contributed by atoms with van der Waals surface area (Å²) in [5.41, 5.74) is 3.57. The van der Waals surface area contributed by atoms with E-state index in [9.17, 15) is 14.3 Å². The Balaban J connectivity index is 2.01. The van der Waals surface area contributed by atoms with Gasteiger partial charge in [-0.1, -0.05) is 43.3 Å². The molecule has 0 saturated carbocycles. The predicted octanol–water partition coefficient (Wildman–Crippen LogP) is 4.45. The highest BCUT2D eigenvalue weighted by Gasteiger charge is 2.28. The van der Waals surface area contributed by atoms with E-state index in [4.69, 9.17) is 4.98 Å². The van der Waals surface area contributed by atoms with Crippen LogP contribution in [0.3, 0.4) is 0 Å². The van der Waals surface area contributed by atoms with Crippen LogP contribution in [0.5, 0.6) is 0 Å². The van der Waals surface area contributed by atoms with Crippen LogP contribution in [0.2, 0.25) is 0 Å². The number of rotatable bonds is 3. The molecular weight excluding hydrogens is 343 g/mol. The first-order valence-electron chi connectivity index (χ1n) is 8.91. The smallest absolute Gasteiger partial charge is 0.336 e. The Bertz CT molecular complexity index is 1080. The number of likely N-dealkylation sites (N-methyl/N-ethyl adjacent to an activating group) is 1. The zero-order valence-corrected chi connectivity index (χ0v) is 14.9. The molecule has 1 N–H and O–H groups in total. The number of pyridine rings is 1. The van der Waals surface area contributed by atoms with Crippen molar-refractivity contribution in [1.82, 2.24) is 9.88 Å². The van der Waals surface area contributed by atoms with Crippen LogP contribution in [0.1, 0.15) is 34.1 Å². The number of para-hydroxylation sites is 1. The van der Waals surface area contributed by atoms with Gasteiger partial charge in [-0.05, 0) is 30.3 Å². The molecule has 0 saturated heterocycles. The van der Waals surface area contributed by atoms with Gasteiger partial charge in [-0.25, -0.2) is 14.2 Å². The molecule has 2 heterocycles. The van der Waals surface area contributed by atoms with E-state index in [1.54, 1.807) is 30.3 Å². The molecular formula is C22H19FN2O2. The molecule has 0 amide bonds. The van der Waals surface area contributed by atoms with Crippen molar-refractivity contribution in [3.05, 3.63) is 76.7 Å². The third-order valence-electron chi connectivity index (χ3n) is 4.97. The minimum Gasteiger partial charge on any atom is -0.478 e. The van der Waals surface area contributed by atoms with Crippen LogP contribution >= 0.6 is 0 Å². The summed E-state index contributed by atoms with van der Waals surface area (Å²) in [7, 11) is 0. The average Bonchev–Trinajstić information content (AvgIpc) is 2.67. The Hall–Kier alpha value is -3.05. The molecule has 0 aliphatic carbocycles. The maximum Gasteiger partial charge on any atom is 0.336 e. The van der Waals surface area contributed by atoms with Crippen LogP contribution in [0.25, 0.3) is 22.6 Å². The molecule has 2 aromatic carbocycles. The summed E-state index contributed by atoms with van der Waals surface area (Å²) in [6, 6.07) is 13.8. The lowest BCUT2D eigenvalue weighted by molar-refractivity contribution is 0.0696. The fraction of sp³-hybridized carbons (Fsp3) is 0.182. The van der Waals surface area contributed by atoms with Crippen molar-refractivity contribution in [2.45, 2.75) is 13.5 Å². The number of hydrogen-bond donors (Lipinski definition) is 1. The van der Waals surface area contributed by atoms with E-state index >= 15 is 0 Å². The van der Waals surface area contributed by atoms with Gasteiger partial charge >= 0.3 is 5.97 Å². The van der Waals surface area contributed by atoms with Gasteiger partial charge in [0, 0.05) is 29.6 Å². The Morgan fingerprint density at radius 3 is 2.67 bits per heavy atom. The highest BCUT2D eigenvalue weighted by atomic mass is 19.1. The van der Waals surface area contributed by atoms with E-state index in [1.165, 1.54) is 6.07 Å². The van der Waals surface area contributed by atoms with E-state index in [2.05, 4.69) is 4.90 Å². The molecule has 1 aliphatic heterocycles. The summed E-state index contributed by atoms with van der Waals surface area (Å²) in [6.07, 6.45) is 1.78. The van der Waals surface area contributed by atoms with E-state index in [0.29, 0.717) is 40.8 Å². The number of hydrogen-bond acceptors (Lipinski definition) is 3. The number of aromatic carboxylic acids is 1. The second-order valence-corrected chi connectivity index (χ2v) is 6.63. The minimum absolute atomic E-state index is 0.285. The summed E-state index contributed by atoms with van der Waals surface area (Å²) in [4.78, 5) is 19.0. The summed E-state index contributed by atoms with van der Waals surface area (Å²) >= 11 is 0. The van der Waals surface area contributed by atoms with Crippen LogP contribution in [-0.2, 0) is 6.54 Å². The average molecular weight is 362 g/mol. The number of nitrogens with zero attached hydrogens (tertiary/aromatic N) is 2. The Labute approximate surface area is 156 Å². The van der Waals surface area contributed by atoms with Crippen molar-refractivity contribution in [1.29, 1.82) is 0 Å². The van der Waals surface area contributed by atoms with Gasteiger partial charge < -0.3 is 5.11 Å². The van der Waals surface area contributed by atoms with Gasteiger partial charge in [-0.2, -0.15) is 0 Å². The maximum absolute atomic E-state index is 14.2. The fourth-order valence-electron chi connectivity index (χ4n) is 3.63. The van der Waals surface area contributed by atoms with Gasteiger partial charge in [-0.15, -0.1) is 0 Å². The lowest BCUT2D eigenvalue weighted by atomic mass is 9.92. The topological polar surface area (TPSA) is 53.4 Å². The number of fused-ring (bicyclic) bond motifs is 2. The van der Waals surface area contributed by atoms with Crippen LogP contribution in [0.4, 0.5) is 4.39 Å². The maximum atomic E-state index is 14.2. The number of aromatic nitrogens is 1. The highest BCUT2D eigenvalue weighted by molar-refractivity contribution is 6.06. The molecule has 0 fully saturated rings. The number of carboxylic acids is 1. The lowest BCUT2D eigenvalue weighted by Crippen LogP contribution is -2.31. The first kappa shape index (κ1) is 17.4. The Kier molecular flexibility index (Phi) is 4.46. The molecule has 4 nitrogen and oxygen atoms in total. The predicted molar refractivity (Wildman–Crippen MR) is 104 cm³/mol. The summed E-state index contributed by atoms with van der Waals surface area (Å²) < 4.78 is 14.2. The van der Waals surface area contributed by atoms with Crippen molar-refractivity contribution in [2.75, 3.05) is 13.1 Å². The zero-order chi connectivity index (χ0) is 19.0. The van der Waals surface area contributed by atoms with Gasteiger partial charge in [0.05, 0.1) is 16.8 Å². The van der Waals surface area contributed by atoms with Crippen molar-refractivity contribution >= 4 is 28.5 Å². The summed E-state index contributed by atoms with van der Waals surface area (Å²) in [5.74, 6) is -1.27. The normalized spacial score (nSPS) is 15.9. The molecule has 1 aliphatic rings. The van der Waals surface area contributed by atoms with E-state index < -0.39 is 5.97 Å². The minimum atomic E-state index is -0.965. The molecule has 1 aromatic heterocycles. The molecule has 4 rings (SSSR count). The largest absolute Gasteiger partial charge is 0.478 e. The van der Waals surface area contributed by atoms with E-state index in [-0.39, 0.29) is 11.4 Å². The number of carbonyl (C=O) groups is 1. The molecule has 0 bridgehead atoms. The van der Waals surface area contributed by atoms with Gasteiger partial charge in [0.2, 0.25) is 0 Å². The van der Waals surface area contributed by atoms with Crippen molar-refractivity contribution < 1.29 is 14.3 Å². The molecule has 0 unspecified atom stereocenters. The molecule has 5 heteroatoms. The zero-order valence-electron chi connectivity index (χ0n) is 14.9. The molecule has 0 radical (unpaired) electrons. The summed E-state index contributed by atoms with van der Waals surface area (Å²) in [6.45, 7) is 3.91. The van der Waals surface area contributed by atoms with Crippen molar-refractivity contribution in [3.8, 4) is 0 Å². The van der Waals surface area contributed by atoms with Crippen LogP contribution < -0.4 is 0 Å². The first-order chi connectivity index (χ1) is 13.1. The quantitative estimate of drug-likeness (QED) is 0.748. The van der Waals surface area contributed by atoms with Crippen LogP contribution in [0, 0.1) is 5.82 Å². The third-order valence-corrected chi connectivity index (χ3v) is 4.97. The standard InChI is InChI=1S/C22H19FN2O2/c1-2-25-12-15(11-14-7-3-5-9-18(14)23)21-17(13-25)20(22(26)27)16-8-4-6-10-19(16)24-21/h3-11H,2,12-13H2,1H3,(H,26,27)/b15-11-. The lowest BCUT2D eigenvalue weighted by Gasteiger charge is -2.30. The molecule has 3 aromatic rings. The molecule has 136 valence electrons. The van der Waals surface area contributed by atoms with Gasteiger partial charge in [-0.3, -0.25) is 4.90 Å². The number of halogens is 1. The fourth-order valence-corrected chi connectivity index (χ4v) is 3.63. The Morgan fingerprint density at radius 1 is 1.19 bits per heavy atom. The second-order valence-electron chi connectivity index (χ2n) is 6.63. The van der Waals surface area contributed by atoms with Gasteiger partial charge in [0.15, 0.2) is 0 Å². The van der Waals surface area contributed by atoms with Crippen molar-refractivity contribution in [3.63, 3.8) is 0 Å². The second kappa shape index (κ2) is 6.93. The van der Waals surface area contributed by atoms with Crippen LogP contribution in [-0.4, -0.2) is 34.0 Å². The Morgan fingerprint density at radius 2 is 1.93 bits per heavy atom. The SMILES string of the molecule is CCN1C/C(=C/c2ccccc2F)c2nc3ccccc3c(C(=O)O)c2C1. The molecule has 0 atom stereocenters. The monoisotopic (exact) mass is 362 g/mol. The first-order valence-corrected chi connectivity index (χ1v) is 8.91. The number of benzene rings is 2. The number of carboxylic acid groups (broad SMARTS) is 1. The van der Waals surface area contributed by atoms with E-state index in [0.717, 1.165) is 12.1 Å². The highest BCUT2D eigenvalue weighted by Crippen LogP contribution is 2.34. The van der Waals surface area contributed by atoms with Crippen LogP contribution in [0.15, 0.2) is 48.5 Å². The third kappa shape index (κ3) is 3.11. The molecule has 0 spiro atoms. The van der Waals surface area contributed by atoms with Gasteiger partial charge in [0.1, 0.15) is 5.82 Å².